The van der Waals surface area contributed by atoms with Crippen molar-refractivity contribution in [1.29, 1.82) is 0 Å². The van der Waals surface area contributed by atoms with Crippen LogP contribution in [0.5, 0.6) is 11.5 Å². The summed E-state index contributed by atoms with van der Waals surface area (Å²) in [6, 6.07) is 17.9. The summed E-state index contributed by atoms with van der Waals surface area (Å²) in [7, 11) is 0. The van der Waals surface area contributed by atoms with Crippen LogP contribution in [0.4, 0.5) is 25.8 Å². The van der Waals surface area contributed by atoms with Crippen molar-refractivity contribution in [1.82, 2.24) is 0 Å². The molecule has 140 valence electrons. The van der Waals surface area contributed by atoms with Crippen LogP contribution in [0, 0.1) is 11.6 Å². The van der Waals surface area contributed by atoms with Gasteiger partial charge >= 0.3 is 0 Å². The monoisotopic (exact) mass is 397 g/mol. The molecule has 0 aliphatic carbocycles. The third kappa shape index (κ3) is 3.10. The molecule has 0 radical (unpaired) electrons. The van der Waals surface area contributed by atoms with E-state index in [1.807, 2.05) is 24.3 Å². The van der Waals surface area contributed by atoms with Crippen LogP contribution < -0.4 is 4.90 Å². The molecule has 0 aliphatic heterocycles. The third-order valence-corrected chi connectivity index (χ3v) is 4.66. The van der Waals surface area contributed by atoms with Gasteiger partial charge in [0, 0.05) is 5.02 Å². The number of fused-ring (bicyclic) bond motifs is 1. The van der Waals surface area contributed by atoms with Crippen molar-refractivity contribution in [3.8, 4) is 11.5 Å². The zero-order valence-electron chi connectivity index (χ0n) is 14.4. The quantitative estimate of drug-likeness (QED) is 0.406. The van der Waals surface area contributed by atoms with Crippen molar-refractivity contribution in [2.24, 2.45) is 0 Å². The molecule has 4 aromatic carbocycles. The highest BCUT2D eigenvalue weighted by molar-refractivity contribution is 6.31. The van der Waals surface area contributed by atoms with Crippen molar-refractivity contribution >= 4 is 39.4 Å². The van der Waals surface area contributed by atoms with Crippen LogP contribution in [0.25, 0.3) is 10.8 Å². The molecule has 2 N–H and O–H groups in total. The maximum atomic E-state index is 14.7. The summed E-state index contributed by atoms with van der Waals surface area (Å²) >= 11 is 6.06. The standard InChI is InChI=1S/C22H14ClF2NO2/c23-15-8-9-20(27)19(12-15)26(22-16(24)6-3-7-17(22)25)18-10-13-4-1-2-5-14(13)11-21(18)28/h1-12,27-28H. The van der Waals surface area contributed by atoms with E-state index in [2.05, 4.69) is 0 Å². The van der Waals surface area contributed by atoms with E-state index in [9.17, 15) is 19.0 Å². The van der Waals surface area contributed by atoms with Crippen molar-refractivity contribution < 1.29 is 19.0 Å². The lowest BCUT2D eigenvalue weighted by atomic mass is 10.1. The van der Waals surface area contributed by atoms with Crippen molar-refractivity contribution in [2.45, 2.75) is 0 Å². The number of nitrogens with zero attached hydrogens (tertiary/aromatic N) is 1. The lowest BCUT2D eigenvalue weighted by molar-refractivity contribution is 0.472. The predicted molar refractivity (Wildman–Crippen MR) is 107 cm³/mol. The van der Waals surface area contributed by atoms with Gasteiger partial charge in [-0.2, -0.15) is 0 Å². The Morgan fingerprint density at radius 1 is 0.679 bits per heavy atom. The Morgan fingerprint density at radius 3 is 1.96 bits per heavy atom. The van der Waals surface area contributed by atoms with E-state index in [0.29, 0.717) is 0 Å². The van der Waals surface area contributed by atoms with Gasteiger partial charge in [0.2, 0.25) is 0 Å². The van der Waals surface area contributed by atoms with Crippen LogP contribution in [0.3, 0.4) is 0 Å². The molecule has 28 heavy (non-hydrogen) atoms. The number of rotatable bonds is 3. The van der Waals surface area contributed by atoms with Gasteiger partial charge in [-0.15, -0.1) is 0 Å². The molecule has 0 saturated carbocycles. The molecule has 4 rings (SSSR count). The summed E-state index contributed by atoms with van der Waals surface area (Å²) < 4.78 is 29.3. The summed E-state index contributed by atoms with van der Waals surface area (Å²) in [5.74, 6) is -2.17. The predicted octanol–water partition coefficient (Wildman–Crippen LogP) is 6.65. The van der Waals surface area contributed by atoms with Gasteiger partial charge in [-0.1, -0.05) is 41.9 Å². The summed E-state index contributed by atoms with van der Waals surface area (Å²) in [6.45, 7) is 0. The molecule has 0 spiro atoms. The van der Waals surface area contributed by atoms with Gasteiger partial charge in [0.15, 0.2) is 0 Å². The Hall–Kier alpha value is -3.31. The van der Waals surface area contributed by atoms with Crippen molar-refractivity contribution in [3.63, 3.8) is 0 Å². The fourth-order valence-electron chi connectivity index (χ4n) is 3.14. The first-order valence-electron chi connectivity index (χ1n) is 8.40. The number of phenols is 2. The molecule has 0 aromatic heterocycles. The topological polar surface area (TPSA) is 43.7 Å². The lowest BCUT2D eigenvalue weighted by Gasteiger charge is -2.27. The molecule has 0 aliphatic rings. The first-order valence-corrected chi connectivity index (χ1v) is 8.78. The van der Waals surface area contributed by atoms with Gasteiger partial charge in [0.25, 0.3) is 0 Å². The van der Waals surface area contributed by atoms with Crippen molar-refractivity contribution in [3.05, 3.63) is 89.5 Å². The van der Waals surface area contributed by atoms with E-state index >= 15 is 0 Å². The summed E-state index contributed by atoms with van der Waals surface area (Å²) in [5.41, 5.74) is -0.312. The Labute approximate surface area is 164 Å². The number of hydrogen-bond donors (Lipinski definition) is 2. The number of benzene rings is 4. The number of aromatic hydroxyl groups is 2. The largest absolute Gasteiger partial charge is 0.506 e. The molecule has 4 aromatic rings. The van der Waals surface area contributed by atoms with Crippen LogP contribution >= 0.6 is 11.6 Å². The van der Waals surface area contributed by atoms with E-state index in [-0.39, 0.29) is 27.9 Å². The molecule has 0 amide bonds. The molecule has 6 heteroatoms. The maximum absolute atomic E-state index is 14.7. The number of hydrogen-bond acceptors (Lipinski definition) is 3. The van der Waals surface area contributed by atoms with Gasteiger partial charge in [0.1, 0.15) is 28.8 Å². The number of para-hydroxylation sites is 1. The zero-order chi connectivity index (χ0) is 19.8. The summed E-state index contributed by atoms with van der Waals surface area (Å²) in [4.78, 5) is 1.12. The summed E-state index contributed by atoms with van der Waals surface area (Å²) in [6.07, 6.45) is 0. The Bertz CT molecular complexity index is 1180. The van der Waals surface area contributed by atoms with Gasteiger partial charge in [-0.05, 0) is 53.2 Å². The molecule has 0 bridgehead atoms. The molecule has 0 atom stereocenters. The maximum Gasteiger partial charge on any atom is 0.150 e. The van der Waals surface area contributed by atoms with Crippen molar-refractivity contribution in [2.75, 3.05) is 4.90 Å². The van der Waals surface area contributed by atoms with Gasteiger partial charge in [-0.3, -0.25) is 4.90 Å². The molecule has 0 heterocycles. The fourth-order valence-corrected chi connectivity index (χ4v) is 3.31. The minimum Gasteiger partial charge on any atom is -0.506 e. The second kappa shape index (κ2) is 7.02. The first kappa shape index (κ1) is 18.1. The highest BCUT2D eigenvalue weighted by Gasteiger charge is 2.25. The van der Waals surface area contributed by atoms with E-state index in [4.69, 9.17) is 11.6 Å². The molecule has 0 saturated heterocycles. The van der Waals surface area contributed by atoms with Crippen LogP contribution in [-0.2, 0) is 0 Å². The second-order valence-corrected chi connectivity index (χ2v) is 6.66. The molecule has 0 fully saturated rings. The molecule has 3 nitrogen and oxygen atoms in total. The van der Waals surface area contributed by atoms with Crippen LogP contribution in [-0.4, -0.2) is 10.2 Å². The Morgan fingerprint density at radius 2 is 1.29 bits per heavy atom. The number of phenolic OH excluding ortho intramolecular Hbond substituents is 2. The normalized spacial score (nSPS) is 11.0. The van der Waals surface area contributed by atoms with Gasteiger partial charge in [0.05, 0.1) is 11.4 Å². The van der Waals surface area contributed by atoms with Crippen LogP contribution in [0.2, 0.25) is 5.02 Å². The lowest BCUT2D eigenvalue weighted by Crippen LogP contribution is -2.14. The minimum atomic E-state index is -0.855. The Balaban J connectivity index is 2.07. The zero-order valence-corrected chi connectivity index (χ0v) is 15.2. The number of anilines is 3. The fraction of sp³-hybridized carbons (Fsp3) is 0. The van der Waals surface area contributed by atoms with E-state index in [0.717, 1.165) is 27.8 Å². The highest BCUT2D eigenvalue weighted by atomic mass is 35.5. The number of halogens is 3. The third-order valence-electron chi connectivity index (χ3n) is 4.42. The van der Waals surface area contributed by atoms with E-state index in [1.54, 1.807) is 6.07 Å². The molecular weight excluding hydrogens is 384 g/mol. The summed E-state index contributed by atoms with van der Waals surface area (Å²) in [5, 5.41) is 22.8. The van der Waals surface area contributed by atoms with Gasteiger partial charge in [-0.25, -0.2) is 8.78 Å². The highest BCUT2D eigenvalue weighted by Crippen LogP contribution is 2.46. The first-order chi connectivity index (χ1) is 13.5. The SMILES string of the molecule is Oc1ccc(Cl)cc1N(c1cc2ccccc2cc1O)c1c(F)cccc1F. The smallest absolute Gasteiger partial charge is 0.150 e. The average Bonchev–Trinajstić information content (AvgIpc) is 2.67. The molecular formula is C22H14ClF2NO2. The van der Waals surface area contributed by atoms with Crippen LogP contribution in [0.15, 0.2) is 72.8 Å². The minimum absolute atomic E-state index is 0.0297. The average molecular weight is 398 g/mol. The van der Waals surface area contributed by atoms with Crippen LogP contribution in [0.1, 0.15) is 0 Å². The van der Waals surface area contributed by atoms with E-state index in [1.165, 1.54) is 30.3 Å². The Kier molecular flexibility index (Phi) is 4.53. The second-order valence-electron chi connectivity index (χ2n) is 6.23. The van der Waals surface area contributed by atoms with Gasteiger partial charge < -0.3 is 10.2 Å². The van der Waals surface area contributed by atoms with E-state index < -0.39 is 17.3 Å². The molecule has 0 unspecified atom stereocenters.